The van der Waals surface area contributed by atoms with Gasteiger partial charge in [0.05, 0.1) is 5.69 Å². The molecule has 0 unspecified atom stereocenters. The summed E-state index contributed by atoms with van der Waals surface area (Å²) in [7, 11) is 0. The van der Waals surface area contributed by atoms with Crippen LogP contribution in [0.2, 0.25) is 0 Å². The summed E-state index contributed by atoms with van der Waals surface area (Å²) in [5, 5.41) is 2.71. The van der Waals surface area contributed by atoms with Crippen molar-refractivity contribution in [3.05, 3.63) is 59.5 Å². The zero-order chi connectivity index (χ0) is 18.6. The van der Waals surface area contributed by atoms with Crippen molar-refractivity contribution in [2.45, 2.75) is 25.3 Å². The average Bonchev–Trinajstić information content (AvgIpc) is 3.23. The summed E-state index contributed by atoms with van der Waals surface area (Å²) in [4.78, 5) is 28.2. The maximum atomic E-state index is 12.9. The van der Waals surface area contributed by atoms with Gasteiger partial charge in [-0.25, -0.2) is 9.97 Å². The smallest absolute Gasteiger partial charge is 0.185 e. The molecule has 0 spiro atoms. The Morgan fingerprint density at radius 2 is 2.22 bits per heavy atom. The highest BCUT2D eigenvalue weighted by Crippen LogP contribution is 2.25. The largest absolute Gasteiger partial charge is 0.370 e. The van der Waals surface area contributed by atoms with Gasteiger partial charge in [-0.1, -0.05) is 6.07 Å². The quantitative estimate of drug-likeness (QED) is 0.686. The molecule has 0 aromatic carbocycles. The second-order valence-electron chi connectivity index (χ2n) is 6.70. The molecule has 4 heterocycles. The van der Waals surface area contributed by atoms with Gasteiger partial charge in [-0.05, 0) is 31.0 Å². The Morgan fingerprint density at radius 3 is 3.04 bits per heavy atom. The van der Waals surface area contributed by atoms with Gasteiger partial charge >= 0.3 is 0 Å². The minimum Gasteiger partial charge on any atom is -0.370 e. The minimum atomic E-state index is -0.0241. The summed E-state index contributed by atoms with van der Waals surface area (Å²) in [5.41, 5.74) is 9.27. The molecule has 1 saturated heterocycles. The fourth-order valence-corrected chi connectivity index (χ4v) is 4.02. The van der Waals surface area contributed by atoms with E-state index in [9.17, 15) is 4.79 Å². The molecule has 0 radical (unpaired) electrons. The van der Waals surface area contributed by atoms with Crippen molar-refractivity contribution in [2.75, 3.05) is 18.0 Å². The molecule has 1 fully saturated rings. The number of anilines is 1. The Balaban J connectivity index is 1.56. The maximum absolute atomic E-state index is 12.9. The lowest BCUT2D eigenvalue weighted by Gasteiger charge is -2.33. The number of rotatable bonds is 5. The molecule has 0 aliphatic carbocycles. The second kappa shape index (κ2) is 7.94. The predicted octanol–water partition coefficient (Wildman–Crippen LogP) is 2.95. The number of thiazole rings is 1. The number of hydrogen-bond donors (Lipinski definition) is 1. The van der Waals surface area contributed by atoms with Crippen molar-refractivity contribution in [1.82, 2.24) is 15.0 Å². The number of Topliss-reactive ketones (excluding diaryl/α,β-unsaturated/α-hetero) is 1. The van der Waals surface area contributed by atoms with E-state index in [2.05, 4.69) is 19.9 Å². The lowest BCUT2D eigenvalue weighted by Crippen LogP contribution is -2.43. The number of nitrogens with two attached hydrogens (primary N) is 1. The van der Waals surface area contributed by atoms with Crippen LogP contribution in [-0.4, -0.2) is 39.9 Å². The zero-order valence-corrected chi connectivity index (χ0v) is 15.7. The van der Waals surface area contributed by atoms with Crippen molar-refractivity contribution in [1.29, 1.82) is 0 Å². The Hall–Kier alpha value is -2.64. The van der Waals surface area contributed by atoms with Crippen LogP contribution in [0.5, 0.6) is 0 Å². The van der Waals surface area contributed by atoms with Gasteiger partial charge in [0.25, 0.3) is 0 Å². The van der Waals surface area contributed by atoms with Gasteiger partial charge in [-0.2, -0.15) is 0 Å². The average molecular weight is 379 g/mol. The molecule has 0 amide bonds. The molecular weight excluding hydrogens is 358 g/mol. The van der Waals surface area contributed by atoms with E-state index in [1.54, 1.807) is 24.7 Å². The van der Waals surface area contributed by atoms with E-state index in [0.29, 0.717) is 5.69 Å². The number of aromatic nitrogens is 3. The molecule has 27 heavy (non-hydrogen) atoms. The first-order chi connectivity index (χ1) is 13.2. The number of piperidine rings is 1. The van der Waals surface area contributed by atoms with E-state index in [-0.39, 0.29) is 18.2 Å². The molecule has 4 rings (SSSR count). The third-order valence-corrected chi connectivity index (χ3v) is 5.51. The molecule has 1 aliphatic heterocycles. The van der Waals surface area contributed by atoms with Gasteiger partial charge in [0.1, 0.15) is 10.7 Å². The molecule has 1 aliphatic rings. The molecule has 138 valence electrons. The number of carbonyl (C=O) groups is 1. The van der Waals surface area contributed by atoms with Crippen molar-refractivity contribution >= 4 is 22.8 Å². The van der Waals surface area contributed by atoms with E-state index in [1.165, 1.54) is 11.3 Å². The number of ketones is 1. The first-order valence-corrected chi connectivity index (χ1v) is 9.92. The Bertz CT molecular complexity index is 928. The van der Waals surface area contributed by atoms with Crippen LogP contribution in [0.4, 0.5) is 5.69 Å². The minimum absolute atomic E-state index is 0.0241. The van der Waals surface area contributed by atoms with Crippen LogP contribution in [0.25, 0.3) is 10.7 Å². The fraction of sp³-hybridized carbons (Fsp3) is 0.300. The number of pyridine rings is 2. The second-order valence-corrected chi connectivity index (χ2v) is 7.59. The first kappa shape index (κ1) is 17.8. The number of nitrogens with zero attached hydrogens (tertiary/aromatic N) is 4. The van der Waals surface area contributed by atoms with Gasteiger partial charge < -0.3 is 10.6 Å². The normalized spacial score (nSPS) is 17.1. The lowest BCUT2D eigenvalue weighted by molar-refractivity contribution is 0.0988. The summed E-state index contributed by atoms with van der Waals surface area (Å²) < 4.78 is 0. The maximum Gasteiger partial charge on any atom is 0.185 e. The standard InChI is InChI=1S/C20H21N5OS/c21-15-3-2-9-25(13-15)18-6-7-22-12-14(18)11-19(26)16-4-1-5-17(24-16)20-23-8-10-27-20/h1,4-8,10,12,15H,2-3,9,11,13,21H2/t15-/m0/s1. The zero-order valence-electron chi connectivity index (χ0n) is 14.9. The summed E-state index contributed by atoms with van der Waals surface area (Å²) >= 11 is 1.51. The van der Waals surface area contributed by atoms with E-state index in [1.807, 2.05) is 23.6 Å². The summed E-state index contributed by atoms with van der Waals surface area (Å²) in [6.45, 7) is 1.76. The molecule has 6 nitrogen and oxygen atoms in total. The van der Waals surface area contributed by atoms with Gasteiger partial charge in [-0.3, -0.25) is 9.78 Å². The van der Waals surface area contributed by atoms with E-state index in [0.717, 1.165) is 47.9 Å². The third kappa shape index (κ3) is 4.04. The van der Waals surface area contributed by atoms with Crippen molar-refractivity contribution in [3.8, 4) is 10.7 Å². The van der Waals surface area contributed by atoms with Crippen LogP contribution in [0, 0.1) is 0 Å². The van der Waals surface area contributed by atoms with Gasteiger partial charge in [0.2, 0.25) is 0 Å². The highest BCUT2D eigenvalue weighted by atomic mass is 32.1. The monoisotopic (exact) mass is 379 g/mol. The lowest BCUT2D eigenvalue weighted by atomic mass is 10.0. The molecule has 7 heteroatoms. The van der Waals surface area contributed by atoms with Gasteiger partial charge in [0.15, 0.2) is 5.78 Å². The Kier molecular flexibility index (Phi) is 5.22. The van der Waals surface area contributed by atoms with Crippen LogP contribution in [0.15, 0.2) is 48.2 Å². The van der Waals surface area contributed by atoms with Crippen molar-refractivity contribution < 1.29 is 4.79 Å². The molecule has 3 aromatic heterocycles. The number of hydrogen-bond acceptors (Lipinski definition) is 7. The van der Waals surface area contributed by atoms with Gasteiger partial charge in [0, 0.05) is 60.8 Å². The van der Waals surface area contributed by atoms with E-state index < -0.39 is 0 Å². The molecule has 3 aromatic rings. The summed E-state index contributed by atoms with van der Waals surface area (Å²) in [6, 6.07) is 7.63. The molecule has 2 N–H and O–H groups in total. The SMILES string of the molecule is N[C@H]1CCCN(c2ccncc2CC(=O)c2cccc(-c3nccs3)n2)C1. The number of carbonyl (C=O) groups excluding carboxylic acids is 1. The van der Waals surface area contributed by atoms with Crippen LogP contribution in [0.3, 0.4) is 0 Å². The van der Waals surface area contributed by atoms with E-state index >= 15 is 0 Å². The van der Waals surface area contributed by atoms with Crippen LogP contribution in [-0.2, 0) is 6.42 Å². The predicted molar refractivity (Wildman–Crippen MR) is 107 cm³/mol. The molecule has 0 bridgehead atoms. The fourth-order valence-electron chi connectivity index (χ4n) is 3.42. The van der Waals surface area contributed by atoms with Gasteiger partial charge in [-0.15, -0.1) is 11.3 Å². The van der Waals surface area contributed by atoms with Crippen molar-refractivity contribution in [2.24, 2.45) is 5.73 Å². The Morgan fingerprint density at radius 1 is 1.30 bits per heavy atom. The highest BCUT2D eigenvalue weighted by molar-refractivity contribution is 7.13. The summed E-state index contributed by atoms with van der Waals surface area (Å²) in [6.07, 6.45) is 7.66. The molecular formula is C20H21N5OS. The topological polar surface area (TPSA) is 85.0 Å². The van der Waals surface area contributed by atoms with E-state index in [4.69, 9.17) is 5.73 Å². The summed E-state index contributed by atoms with van der Waals surface area (Å²) in [5.74, 6) is -0.0241. The van der Waals surface area contributed by atoms with Crippen molar-refractivity contribution in [3.63, 3.8) is 0 Å². The third-order valence-electron chi connectivity index (χ3n) is 4.71. The molecule has 1 atom stereocenters. The van der Waals surface area contributed by atoms with Crippen LogP contribution < -0.4 is 10.6 Å². The highest BCUT2D eigenvalue weighted by Gasteiger charge is 2.21. The van der Waals surface area contributed by atoms with Crippen LogP contribution >= 0.6 is 11.3 Å². The first-order valence-electron chi connectivity index (χ1n) is 9.04. The Labute approximate surface area is 162 Å². The van der Waals surface area contributed by atoms with Crippen LogP contribution in [0.1, 0.15) is 28.9 Å². The molecule has 0 saturated carbocycles.